The molecule has 0 atom stereocenters. The van der Waals surface area contributed by atoms with Gasteiger partial charge >= 0.3 is 0 Å². The first-order valence-corrected chi connectivity index (χ1v) is 8.63. The third kappa shape index (κ3) is 3.44. The number of rotatable bonds is 6. The number of benzene rings is 1. The van der Waals surface area contributed by atoms with Crippen LogP contribution in [0.15, 0.2) is 66.2 Å². The van der Waals surface area contributed by atoms with E-state index in [1.807, 2.05) is 30.3 Å². The molecule has 0 aliphatic rings. The Morgan fingerprint density at radius 3 is 2.67 bits per heavy atom. The molecule has 0 amide bonds. The third-order valence-corrected chi connectivity index (χ3v) is 5.09. The number of pyridine rings is 1. The van der Waals surface area contributed by atoms with E-state index in [0.29, 0.717) is 17.2 Å². The van der Waals surface area contributed by atoms with Crippen LogP contribution in [0.5, 0.6) is 11.6 Å². The lowest BCUT2D eigenvalue weighted by Crippen LogP contribution is -2.27. The van der Waals surface area contributed by atoms with Crippen LogP contribution in [0.2, 0.25) is 0 Å². The fraction of sp³-hybridized carbons (Fsp3) is 0.125. The van der Waals surface area contributed by atoms with Crippen LogP contribution >= 0.6 is 0 Å². The highest BCUT2D eigenvalue weighted by Crippen LogP contribution is 2.24. The second-order valence-corrected chi connectivity index (χ2v) is 7.07. The van der Waals surface area contributed by atoms with E-state index >= 15 is 0 Å². The summed E-state index contributed by atoms with van der Waals surface area (Å²) in [6.07, 6.45) is 4.20. The SMILES string of the molecule is CN(Cc1cccnc1Oc1ccccc1)S(=O)(=O)c1cnc[nH]1. The first-order chi connectivity index (χ1) is 11.6. The molecule has 0 aliphatic carbocycles. The average molecular weight is 344 g/mol. The minimum atomic E-state index is -3.65. The molecule has 124 valence electrons. The molecule has 0 saturated heterocycles. The Morgan fingerprint density at radius 1 is 1.17 bits per heavy atom. The van der Waals surface area contributed by atoms with Crippen LogP contribution in [0.3, 0.4) is 0 Å². The molecule has 0 fully saturated rings. The zero-order chi connectivity index (χ0) is 17.0. The summed E-state index contributed by atoms with van der Waals surface area (Å²) in [7, 11) is -2.16. The molecule has 24 heavy (non-hydrogen) atoms. The highest BCUT2D eigenvalue weighted by molar-refractivity contribution is 7.89. The van der Waals surface area contributed by atoms with Gasteiger partial charge in [-0.2, -0.15) is 4.31 Å². The number of imidazole rings is 1. The lowest BCUT2D eigenvalue weighted by atomic mass is 10.2. The van der Waals surface area contributed by atoms with Crippen LogP contribution in [0.1, 0.15) is 5.56 Å². The van der Waals surface area contributed by atoms with Crippen LogP contribution in [-0.4, -0.2) is 34.7 Å². The van der Waals surface area contributed by atoms with Crippen LogP contribution in [-0.2, 0) is 16.6 Å². The molecule has 1 aromatic carbocycles. The second-order valence-electron chi connectivity index (χ2n) is 5.06. The first kappa shape index (κ1) is 16.2. The molecule has 3 rings (SSSR count). The van der Waals surface area contributed by atoms with Gasteiger partial charge in [-0.25, -0.2) is 18.4 Å². The molecule has 2 aromatic heterocycles. The summed E-state index contributed by atoms with van der Waals surface area (Å²) in [5, 5.41) is 0.0411. The minimum absolute atomic E-state index is 0.0411. The van der Waals surface area contributed by atoms with E-state index in [4.69, 9.17) is 4.74 Å². The number of nitrogens with zero attached hydrogens (tertiary/aromatic N) is 3. The summed E-state index contributed by atoms with van der Waals surface area (Å²) in [6, 6.07) is 12.7. The van der Waals surface area contributed by atoms with Crippen molar-refractivity contribution in [1.29, 1.82) is 0 Å². The topological polar surface area (TPSA) is 88.2 Å². The summed E-state index contributed by atoms with van der Waals surface area (Å²) >= 11 is 0. The number of hydrogen-bond acceptors (Lipinski definition) is 5. The van der Waals surface area contributed by atoms with Crippen molar-refractivity contribution in [2.75, 3.05) is 7.05 Å². The van der Waals surface area contributed by atoms with Crippen molar-refractivity contribution in [1.82, 2.24) is 19.3 Å². The van der Waals surface area contributed by atoms with E-state index in [1.54, 1.807) is 18.3 Å². The Labute approximate surface area is 140 Å². The van der Waals surface area contributed by atoms with Gasteiger partial charge in [-0.1, -0.05) is 24.3 Å². The fourth-order valence-corrected chi connectivity index (χ4v) is 3.15. The van der Waals surface area contributed by atoms with Crippen molar-refractivity contribution in [2.45, 2.75) is 11.6 Å². The molecule has 2 heterocycles. The summed E-state index contributed by atoms with van der Waals surface area (Å²) in [5.41, 5.74) is 0.659. The number of aromatic nitrogens is 3. The Balaban J connectivity index is 1.83. The van der Waals surface area contributed by atoms with Crippen molar-refractivity contribution in [3.05, 3.63) is 66.7 Å². The quantitative estimate of drug-likeness (QED) is 0.742. The molecule has 7 nitrogen and oxygen atoms in total. The lowest BCUT2D eigenvalue weighted by molar-refractivity contribution is 0.428. The average Bonchev–Trinajstić information content (AvgIpc) is 3.13. The van der Waals surface area contributed by atoms with Crippen molar-refractivity contribution in [3.63, 3.8) is 0 Å². The molecule has 1 N–H and O–H groups in total. The minimum Gasteiger partial charge on any atom is -0.439 e. The molecular weight excluding hydrogens is 328 g/mol. The predicted octanol–water partition coefficient (Wildman–Crippen LogP) is 2.42. The van der Waals surface area contributed by atoms with Gasteiger partial charge < -0.3 is 9.72 Å². The van der Waals surface area contributed by atoms with E-state index in [2.05, 4.69) is 15.0 Å². The summed E-state index contributed by atoms with van der Waals surface area (Å²) < 4.78 is 31.9. The van der Waals surface area contributed by atoms with Crippen LogP contribution in [0.4, 0.5) is 0 Å². The van der Waals surface area contributed by atoms with E-state index in [0.717, 1.165) is 0 Å². The van der Waals surface area contributed by atoms with Gasteiger partial charge in [-0.15, -0.1) is 0 Å². The van der Waals surface area contributed by atoms with Gasteiger partial charge in [0.15, 0.2) is 5.03 Å². The number of aromatic amines is 1. The Morgan fingerprint density at radius 2 is 1.96 bits per heavy atom. The van der Waals surface area contributed by atoms with Gasteiger partial charge in [0.2, 0.25) is 5.88 Å². The number of hydrogen-bond donors (Lipinski definition) is 1. The van der Waals surface area contributed by atoms with Gasteiger partial charge in [0.25, 0.3) is 10.0 Å². The molecule has 0 unspecified atom stereocenters. The molecular formula is C16H16N4O3S. The molecule has 0 bridgehead atoms. The molecule has 3 aromatic rings. The fourth-order valence-electron chi connectivity index (χ4n) is 2.11. The van der Waals surface area contributed by atoms with Gasteiger partial charge in [0.05, 0.1) is 12.5 Å². The Hall–Kier alpha value is -2.71. The second kappa shape index (κ2) is 6.81. The van der Waals surface area contributed by atoms with Crippen molar-refractivity contribution in [3.8, 4) is 11.6 Å². The standard InChI is InChI=1S/C16H16N4O3S/c1-20(24(21,22)15-10-17-12-19-15)11-13-6-5-9-18-16(13)23-14-7-3-2-4-8-14/h2-10,12H,11H2,1H3,(H,17,19). The summed E-state index contributed by atoms with van der Waals surface area (Å²) in [6.45, 7) is 0.122. The van der Waals surface area contributed by atoms with Gasteiger partial charge in [-0.05, 0) is 18.2 Å². The highest BCUT2D eigenvalue weighted by Gasteiger charge is 2.23. The first-order valence-electron chi connectivity index (χ1n) is 7.19. The molecule has 8 heteroatoms. The normalized spacial score (nSPS) is 11.6. The van der Waals surface area contributed by atoms with Crippen LogP contribution in [0.25, 0.3) is 0 Å². The van der Waals surface area contributed by atoms with E-state index in [-0.39, 0.29) is 11.6 Å². The maximum atomic E-state index is 12.5. The number of para-hydroxylation sites is 1. The number of nitrogens with one attached hydrogen (secondary N) is 1. The molecule has 0 saturated carbocycles. The van der Waals surface area contributed by atoms with Gasteiger partial charge in [0, 0.05) is 25.4 Å². The van der Waals surface area contributed by atoms with Crippen molar-refractivity contribution in [2.24, 2.45) is 0 Å². The largest absolute Gasteiger partial charge is 0.439 e. The third-order valence-electron chi connectivity index (χ3n) is 3.36. The number of ether oxygens (including phenoxy) is 1. The summed E-state index contributed by atoms with van der Waals surface area (Å²) in [5.74, 6) is 1.01. The van der Waals surface area contributed by atoms with Crippen molar-refractivity contribution >= 4 is 10.0 Å². The monoisotopic (exact) mass is 344 g/mol. The molecule has 0 aliphatic heterocycles. The van der Waals surface area contributed by atoms with Gasteiger partial charge in [0.1, 0.15) is 5.75 Å². The van der Waals surface area contributed by atoms with Gasteiger partial charge in [-0.3, -0.25) is 0 Å². The predicted molar refractivity (Wildman–Crippen MR) is 88.0 cm³/mol. The zero-order valence-electron chi connectivity index (χ0n) is 13.0. The van der Waals surface area contributed by atoms with E-state index in [9.17, 15) is 8.42 Å². The van der Waals surface area contributed by atoms with Crippen molar-refractivity contribution < 1.29 is 13.2 Å². The smallest absolute Gasteiger partial charge is 0.260 e. The van der Waals surface area contributed by atoms with E-state index in [1.165, 1.54) is 23.9 Å². The Bertz CT molecular complexity index is 896. The van der Waals surface area contributed by atoms with Crippen LogP contribution < -0.4 is 4.74 Å². The highest BCUT2D eigenvalue weighted by atomic mass is 32.2. The number of H-pyrrole nitrogens is 1. The Kier molecular flexibility index (Phi) is 4.59. The lowest BCUT2D eigenvalue weighted by Gasteiger charge is -2.17. The maximum absolute atomic E-state index is 12.5. The van der Waals surface area contributed by atoms with E-state index < -0.39 is 10.0 Å². The van der Waals surface area contributed by atoms with Crippen LogP contribution in [0, 0.1) is 0 Å². The number of sulfonamides is 1. The molecule has 0 radical (unpaired) electrons. The maximum Gasteiger partial charge on any atom is 0.260 e. The molecule has 0 spiro atoms. The summed E-state index contributed by atoms with van der Waals surface area (Å²) in [4.78, 5) is 10.6. The zero-order valence-corrected chi connectivity index (χ0v) is 13.8.